The molecule has 0 unspecified atom stereocenters. The van der Waals surface area contributed by atoms with Crippen molar-refractivity contribution in [2.24, 2.45) is 0 Å². The summed E-state index contributed by atoms with van der Waals surface area (Å²) in [5.74, 6) is 0.910. The smallest absolute Gasteiger partial charge is 0.315 e. The van der Waals surface area contributed by atoms with Crippen molar-refractivity contribution in [3.05, 3.63) is 72.3 Å². The van der Waals surface area contributed by atoms with E-state index in [9.17, 15) is 4.79 Å². The van der Waals surface area contributed by atoms with Gasteiger partial charge in [0.25, 0.3) is 0 Å². The Kier molecular flexibility index (Phi) is 3.86. The molecule has 3 aromatic carbocycles. The van der Waals surface area contributed by atoms with Crippen molar-refractivity contribution < 1.29 is 14.3 Å². The molecule has 0 saturated heterocycles. The van der Waals surface area contributed by atoms with Gasteiger partial charge in [-0.1, -0.05) is 36.4 Å². The lowest BCUT2D eigenvalue weighted by Gasteiger charge is -2.08. The fraction of sp³-hybridized carbons (Fsp3) is 0.0952. The number of ether oxygens (including phenoxy) is 2. The van der Waals surface area contributed by atoms with Gasteiger partial charge in [0, 0.05) is 27.4 Å². The van der Waals surface area contributed by atoms with E-state index in [2.05, 4.69) is 11.1 Å². The average molecular weight is 331 g/mol. The summed E-state index contributed by atoms with van der Waals surface area (Å²) in [5, 5.41) is 2.15. The first-order chi connectivity index (χ1) is 12.2. The molecular weight excluding hydrogens is 314 g/mol. The lowest BCUT2D eigenvalue weighted by molar-refractivity contribution is -0.133. The van der Waals surface area contributed by atoms with Crippen LogP contribution in [0.5, 0.6) is 11.5 Å². The fourth-order valence-electron chi connectivity index (χ4n) is 3.06. The van der Waals surface area contributed by atoms with Crippen molar-refractivity contribution in [2.75, 3.05) is 7.11 Å². The Balaban J connectivity index is 1.59. The number of H-pyrrole nitrogens is 1. The Morgan fingerprint density at radius 3 is 2.56 bits per heavy atom. The van der Waals surface area contributed by atoms with E-state index in [4.69, 9.17) is 9.47 Å². The molecule has 4 aromatic rings. The highest BCUT2D eigenvalue weighted by Gasteiger charge is 2.12. The van der Waals surface area contributed by atoms with Crippen LogP contribution in [-0.2, 0) is 11.2 Å². The summed E-state index contributed by atoms with van der Waals surface area (Å²) < 4.78 is 10.8. The lowest BCUT2D eigenvalue weighted by Crippen LogP contribution is -2.11. The van der Waals surface area contributed by atoms with Crippen LogP contribution in [0.1, 0.15) is 5.56 Å². The van der Waals surface area contributed by atoms with Gasteiger partial charge in [0.2, 0.25) is 0 Å². The Labute approximate surface area is 145 Å². The standard InChI is InChI=1S/C21H17NO3/c1-24-20-9-5-2-6-14(20)12-21(23)25-15-10-11-19-17(13-15)16-7-3-4-8-18(16)22-19/h2-11,13,22H,12H2,1H3. The number of para-hydroxylation sites is 2. The van der Waals surface area contributed by atoms with Gasteiger partial charge in [0.1, 0.15) is 11.5 Å². The van der Waals surface area contributed by atoms with E-state index in [0.29, 0.717) is 11.5 Å². The van der Waals surface area contributed by atoms with Crippen molar-refractivity contribution in [3.63, 3.8) is 0 Å². The molecule has 1 heterocycles. The molecule has 4 heteroatoms. The maximum Gasteiger partial charge on any atom is 0.315 e. The van der Waals surface area contributed by atoms with E-state index in [0.717, 1.165) is 27.4 Å². The molecule has 0 atom stereocenters. The third kappa shape index (κ3) is 2.94. The van der Waals surface area contributed by atoms with Crippen molar-refractivity contribution in [2.45, 2.75) is 6.42 Å². The maximum atomic E-state index is 12.3. The monoisotopic (exact) mass is 331 g/mol. The van der Waals surface area contributed by atoms with E-state index in [1.165, 1.54) is 0 Å². The summed E-state index contributed by atoms with van der Waals surface area (Å²) in [7, 11) is 1.59. The molecule has 0 radical (unpaired) electrons. The number of hydrogen-bond donors (Lipinski definition) is 1. The first-order valence-electron chi connectivity index (χ1n) is 8.07. The molecule has 1 N–H and O–H groups in total. The molecular formula is C21H17NO3. The average Bonchev–Trinajstić information content (AvgIpc) is 3.00. The van der Waals surface area contributed by atoms with Gasteiger partial charge in [-0.3, -0.25) is 4.79 Å². The largest absolute Gasteiger partial charge is 0.496 e. The molecule has 25 heavy (non-hydrogen) atoms. The third-order valence-corrected chi connectivity index (χ3v) is 4.24. The van der Waals surface area contributed by atoms with Crippen LogP contribution in [0.3, 0.4) is 0 Å². The number of hydrogen-bond acceptors (Lipinski definition) is 3. The van der Waals surface area contributed by atoms with Crippen LogP contribution in [0.4, 0.5) is 0 Å². The number of aromatic amines is 1. The van der Waals surface area contributed by atoms with E-state index in [-0.39, 0.29) is 12.4 Å². The molecule has 0 saturated carbocycles. The van der Waals surface area contributed by atoms with Gasteiger partial charge in [0.05, 0.1) is 13.5 Å². The fourth-order valence-corrected chi connectivity index (χ4v) is 3.06. The first kappa shape index (κ1) is 15.3. The molecule has 124 valence electrons. The normalized spacial score (nSPS) is 10.9. The summed E-state index contributed by atoms with van der Waals surface area (Å²) in [4.78, 5) is 15.7. The molecule has 0 amide bonds. The Hall–Kier alpha value is -3.27. The number of aromatic nitrogens is 1. The van der Waals surface area contributed by atoms with Crippen LogP contribution < -0.4 is 9.47 Å². The summed E-state index contributed by atoms with van der Waals surface area (Å²) >= 11 is 0. The Bertz CT molecular complexity index is 1070. The van der Waals surface area contributed by atoms with Crippen LogP contribution in [0.25, 0.3) is 21.8 Å². The second-order valence-electron chi connectivity index (χ2n) is 5.84. The zero-order valence-corrected chi connectivity index (χ0v) is 13.8. The Morgan fingerprint density at radius 1 is 0.920 bits per heavy atom. The summed E-state index contributed by atoms with van der Waals surface area (Å²) in [6.45, 7) is 0. The second-order valence-corrected chi connectivity index (χ2v) is 5.84. The van der Waals surface area contributed by atoms with Crippen LogP contribution in [0, 0.1) is 0 Å². The molecule has 0 aliphatic heterocycles. The third-order valence-electron chi connectivity index (χ3n) is 4.24. The van der Waals surface area contributed by atoms with Crippen molar-refractivity contribution in [3.8, 4) is 11.5 Å². The number of nitrogens with one attached hydrogen (secondary N) is 1. The minimum absolute atomic E-state index is 0.163. The molecule has 1 aromatic heterocycles. The van der Waals surface area contributed by atoms with Gasteiger partial charge in [-0.15, -0.1) is 0 Å². The summed E-state index contributed by atoms with van der Waals surface area (Å²) in [6, 6.07) is 21.2. The number of rotatable bonds is 4. The predicted molar refractivity (Wildman–Crippen MR) is 98.1 cm³/mol. The van der Waals surface area contributed by atoms with Gasteiger partial charge < -0.3 is 14.5 Å². The molecule has 0 fully saturated rings. The lowest BCUT2D eigenvalue weighted by atomic mass is 10.1. The zero-order chi connectivity index (χ0) is 17.2. The van der Waals surface area contributed by atoms with E-state index < -0.39 is 0 Å². The quantitative estimate of drug-likeness (QED) is 0.443. The molecule has 0 aliphatic carbocycles. The maximum absolute atomic E-state index is 12.3. The van der Waals surface area contributed by atoms with Gasteiger partial charge >= 0.3 is 5.97 Å². The predicted octanol–water partition coefficient (Wildman–Crippen LogP) is 4.48. The van der Waals surface area contributed by atoms with Crippen LogP contribution in [-0.4, -0.2) is 18.1 Å². The minimum atomic E-state index is -0.316. The summed E-state index contributed by atoms with van der Waals surface area (Å²) in [6.07, 6.45) is 0.163. The van der Waals surface area contributed by atoms with Gasteiger partial charge in [-0.2, -0.15) is 0 Å². The van der Waals surface area contributed by atoms with Gasteiger partial charge in [0.15, 0.2) is 0 Å². The highest BCUT2D eigenvalue weighted by Crippen LogP contribution is 2.29. The highest BCUT2D eigenvalue weighted by atomic mass is 16.5. The molecule has 0 spiro atoms. The number of fused-ring (bicyclic) bond motifs is 3. The zero-order valence-electron chi connectivity index (χ0n) is 13.8. The minimum Gasteiger partial charge on any atom is -0.496 e. The van der Waals surface area contributed by atoms with E-state index >= 15 is 0 Å². The second kappa shape index (κ2) is 6.32. The molecule has 4 rings (SSSR count). The number of methoxy groups -OCH3 is 1. The number of carbonyl (C=O) groups is 1. The van der Waals surface area contributed by atoms with Crippen molar-refractivity contribution >= 4 is 27.8 Å². The Morgan fingerprint density at radius 2 is 1.68 bits per heavy atom. The van der Waals surface area contributed by atoms with Crippen LogP contribution in [0.2, 0.25) is 0 Å². The van der Waals surface area contributed by atoms with E-state index in [1.807, 2.05) is 54.6 Å². The molecule has 4 nitrogen and oxygen atoms in total. The van der Waals surface area contributed by atoms with E-state index in [1.54, 1.807) is 13.2 Å². The SMILES string of the molecule is COc1ccccc1CC(=O)Oc1ccc2[nH]c3ccccc3c2c1. The van der Waals surface area contributed by atoms with Gasteiger partial charge in [-0.25, -0.2) is 0 Å². The van der Waals surface area contributed by atoms with Crippen molar-refractivity contribution in [1.29, 1.82) is 0 Å². The summed E-state index contributed by atoms with van der Waals surface area (Å²) in [5.41, 5.74) is 2.89. The number of esters is 1. The first-order valence-corrected chi connectivity index (χ1v) is 8.07. The van der Waals surface area contributed by atoms with Crippen LogP contribution in [0.15, 0.2) is 66.7 Å². The van der Waals surface area contributed by atoms with Crippen molar-refractivity contribution in [1.82, 2.24) is 4.98 Å². The molecule has 0 aliphatic rings. The van der Waals surface area contributed by atoms with Gasteiger partial charge in [-0.05, 0) is 30.3 Å². The number of benzene rings is 3. The topological polar surface area (TPSA) is 51.3 Å². The highest BCUT2D eigenvalue weighted by molar-refractivity contribution is 6.07. The number of carbonyl (C=O) groups excluding carboxylic acids is 1. The van der Waals surface area contributed by atoms with Crippen LogP contribution >= 0.6 is 0 Å². The molecule has 0 bridgehead atoms.